The van der Waals surface area contributed by atoms with E-state index < -0.39 is 5.97 Å². The SMILES string of the molecule is CC(C(=O)O)=C(C)C(=O)N(C)Cc1ccco1. The number of likely N-dealkylation sites (N-methyl/N-ethyl adjacent to an activating group) is 1. The van der Waals surface area contributed by atoms with Crippen molar-refractivity contribution in [2.75, 3.05) is 7.05 Å². The van der Waals surface area contributed by atoms with Crippen molar-refractivity contribution >= 4 is 11.9 Å². The maximum atomic E-state index is 11.9. The van der Waals surface area contributed by atoms with E-state index in [0.717, 1.165) is 0 Å². The third kappa shape index (κ3) is 3.21. The minimum absolute atomic E-state index is 0.0568. The lowest BCUT2D eigenvalue weighted by molar-refractivity contribution is -0.133. The summed E-state index contributed by atoms with van der Waals surface area (Å²) in [7, 11) is 1.60. The number of carboxylic acid groups (broad SMARTS) is 1. The molecule has 1 aromatic rings. The molecule has 0 aliphatic rings. The zero-order chi connectivity index (χ0) is 13.0. The summed E-state index contributed by atoms with van der Waals surface area (Å²) >= 11 is 0. The van der Waals surface area contributed by atoms with Crippen LogP contribution in [-0.4, -0.2) is 28.9 Å². The lowest BCUT2D eigenvalue weighted by Crippen LogP contribution is -2.27. The van der Waals surface area contributed by atoms with Gasteiger partial charge in [0.05, 0.1) is 12.8 Å². The molecule has 17 heavy (non-hydrogen) atoms. The molecule has 0 atom stereocenters. The van der Waals surface area contributed by atoms with Gasteiger partial charge >= 0.3 is 5.97 Å². The van der Waals surface area contributed by atoms with Gasteiger partial charge in [0, 0.05) is 18.2 Å². The van der Waals surface area contributed by atoms with E-state index in [1.165, 1.54) is 25.0 Å². The van der Waals surface area contributed by atoms with E-state index in [9.17, 15) is 9.59 Å². The average molecular weight is 237 g/mol. The molecule has 1 amide bonds. The van der Waals surface area contributed by atoms with Crippen LogP contribution in [0.25, 0.3) is 0 Å². The van der Waals surface area contributed by atoms with E-state index in [1.54, 1.807) is 19.2 Å². The Morgan fingerprint density at radius 1 is 1.35 bits per heavy atom. The van der Waals surface area contributed by atoms with Crippen LogP contribution in [0.4, 0.5) is 0 Å². The highest BCUT2D eigenvalue weighted by atomic mass is 16.4. The van der Waals surface area contributed by atoms with Crippen LogP contribution in [0, 0.1) is 0 Å². The van der Waals surface area contributed by atoms with E-state index in [0.29, 0.717) is 12.3 Å². The highest BCUT2D eigenvalue weighted by molar-refractivity contribution is 6.01. The van der Waals surface area contributed by atoms with E-state index in [2.05, 4.69) is 0 Å². The molecule has 0 saturated carbocycles. The molecule has 92 valence electrons. The summed E-state index contributed by atoms with van der Waals surface area (Å²) in [4.78, 5) is 24.0. The second kappa shape index (κ2) is 5.34. The lowest BCUT2D eigenvalue weighted by Gasteiger charge is -2.16. The number of carboxylic acids is 1. The van der Waals surface area contributed by atoms with Gasteiger partial charge in [-0.05, 0) is 26.0 Å². The third-order valence-corrected chi connectivity index (χ3v) is 2.52. The Hall–Kier alpha value is -2.04. The summed E-state index contributed by atoms with van der Waals surface area (Å²) in [6.07, 6.45) is 1.53. The fraction of sp³-hybridized carbons (Fsp3) is 0.333. The Morgan fingerprint density at radius 2 is 2.00 bits per heavy atom. The van der Waals surface area contributed by atoms with Gasteiger partial charge in [-0.1, -0.05) is 0 Å². The first-order chi connectivity index (χ1) is 7.93. The molecule has 1 N–H and O–H groups in total. The normalized spacial score (nSPS) is 11.9. The molecule has 0 fully saturated rings. The van der Waals surface area contributed by atoms with Crippen LogP contribution >= 0.6 is 0 Å². The number of carbonyl (C=O) groups excluding carboxylic acids is 1. The predicted molar refractivity (Wildman–Crippen MR) is 61.2 cm³/mol. The molecule has 5 nitrogen and oxygen atoms in total. The second-order valence-electron chi connectivity index (χ2n) is 3.80. The van der Waals surface area contributed by atoms with Crippen molar-refractivity contribution in [1.82, 2.24) is 4.90 Å². The molecule has 0 spiro atoms. The number of aliphatic carboxylic acids is 1. The summed E-state index contributed by atoms with van der Waals surface area (Å²) in [5, 5.41) is 8.79. The number of rotatable bonds is 4. The van der Waals surface area contributed by atoms with Crippen molar-refractivity contribution in [3.05, 3.63) is 35.3 Å². The molecule has 0 aliphatic carbocycles. The molecule has 0 radical (unpaired) electrons. The smallest absolute Gasteiger partial charge is 0.331 e. The standard InChI is InChI=1S/C12H15NO4/c1-8(9(2)12(15)16)11(14)13(3)7-10-5-4-6-17-10/h4-6H,7H2,1-3H3,(H,15,16). The number of nitrogens with zero attached hydrogens (tertiary/aromatic N) is 1. The number of hydrogen-bond acceptors (Lipinski definition) is 3. The van der Waals surface area contributed by atoms with Gasteiger partial charge in [0.15, 0.2) is 0 Å². The van der Waals surface area contributed by atoms with E-state index >= 15 is 0 Å². The van der Waals surface area contributed by atoms with Crippen molar-refractivity contribution in [3.8, 4) is 0 Å². The minimum Gasteiger partial charge on any atom is -0.478 e. The highest BCUT2D eigenvalue weighted by Gasteiger charge is 2.17. The van der Waals surface area contributed by atoms with Crippen molar-refractivity contribution in [3.63, 3.8) is 0 Å². The van der Waals surface area contributed by atoms with Crippen LogP contribution in [0.3, 0.4) is 0 Å². The molecule has 0 aromatic carbocycles. The molecule has 0 bridgehead atoms. The van der Waals surface area contributed by atoms with Gasteiger partial charge in [-0.15, -0.1) is 0 Å². The van der Waals surface area contributed by atoms with Gasteiger partial charge < -0.3 is 14.4 Å². The molecule has 0 saturated heterocycles. The lowest BCUT2D eigenvalue weighted by atomic mass is 10.1. The summed E-state index contributed by atoms with van der Waals surface area (Å²) in [5.74, 6) is -0.745. The van der Waals surface area contributed by atoms with Gasteiger partial charge in [-0.3, -0.25) is 4.79 Å². The summed E-state index contributed by atoms with van der Waals surface area (Å²) < 4.78 is 5.12. The van der Waals surface area contributed by atoms with Crippen molar-refractivity contribution < 1.29 is 19.1 Å². The fourth-order valence-corrected chi connectivity index (χ4v) is 1.32. The number of hydrogen-bond donors (Lipinski definition) is 1. The zero-order valence-electron chi connectivity index (χ0n) is 10.1. The number of carbonyl (C=O) groups is 2. The topological polar surface area (TPSA) is 70.8 Å². The Morgan fingerprint density at radius 3 is 2.47 bits per heavy atom. The first kappa shape index (κ1) is 13.0. The van der Waals surface area contributed by atoms with Crippen molar-refractivity contribution in [2.45, 2.75) is 20.4 Å². The number of furan rings is 1. The molecular formula is C12H15NO4. The fourth-order valence-electron chi connectivity index (χ4n) is 1.32. The van der Waals surface area contributed by atoms with Crippen LogP contribution in [0.15, 0.2) is 34.0 Å². The first-order valence-electron chi connectivity index (χ1n) is 5.12. The maximum absolute atomic E-state index is 11.9. The quantitative estimate of drug-likeness (QED) is 0.808. The molecule has 5 heteroatoms. The largest absolute Gasteiger partial charge is 0.478 e. The van der Waals surface area contributed by atoms with Gasteiger partial charge in [-0.2, -0.15) is 0 Å². The van der Waals surface area contributed by atoms with E-state index in [4.69, 9.17) is 9.52 Å². The van der Waals surface area contributed by atoms with E-state index in [1.807, 2.05) is 0 Å². The van der Waals surface area contributed by atoms with E-state index in [-0.39, 0.29) is 17.1 Å². The highest BCUT2D eigenvalue weighted by Crippen LogP contribution is 2.10. The molecule has 1 heterocycles. The van der Waals surface area contributed by atoms with Crippen molar-refractivity contribution in [2.24, 2.45) is 0 Å². The number of amides is 1. The molecule has 0 unspecified atom stereocenters. The Bertz CT molecular complexity index is 445. The minimum atomic E-state index is -1.08. The summed E-state index contributed by atoms with van der Waals surface area (Å²) in [5.41, 5.74) is 0.285. The average Bonchev–Trinajstić information content (AvgIpc) is 2.78. The van der Waals surface area contributed by atoms with Gasteiger partial charge in [0.25, 0.3) is 0 Å². The monoisotopic (exact) mass is 237 g/mol. The van der Waals surface area contributed by atoms with Crippen LogP contribution in [0.2, 0.25) is 0 Å². The van der Waals surface area contributed by atoms with Crippen LogP contribution in [0.5, 0.6) is 0 Å². The Labute approximate surface area is 99.3 Å². The predicted octanol–water partition coefficient (Wildman–Crippen LogP) is 1.66. The third-order valence-electron chi connectivity index (χ3n) is 2.52. The first-order valence-corrected chi connectivity index (χ1v) is 5.12. The van der Waals surface area contributed by atoms with Crippen LogP contribution in [0.1, 0.15) is 19.6 Å². The second-order valence-corrected chi connectivity index (χ2v) is 3.80. The van der Waals surface area contributed by atoms with Gasteiger partial charge in [-0.25, -0.2) is 4.79 Å². The molecule has 1 aromatic heterocycles. The van der Waals surface area contributed by atoms with Gasteiger partial charge in [0.2, 0.25) is 5.91 Å². The molecule has 1 rings (SSSR count). The van der Waals surface area contributed by atoms with Crippen LogP contribution < -0.4 is 0 Å². The molecule has 0 aliphatic heterocycles. The Kier molecular flexibility index (Phi) is 4.09. The van der Waals surface area contributed by atoms with Crippen molar-refractivity contribution in [1.29, 1.82) is 0 Å². The molecular weight excluding hydrogens is 222 g/mol. The maximum Gasteiger partial charge on any atom is 0.331 e. The van der Waals surface area contributed by atoms with Crippen LogP contribution in [-0.2, 0) is 16.1 Å². The Balaban J connectivity index is 2.77. The van der Waals surface area contributed by atoms with Gasteiger partial charge in [0.1, 0.15) is 5.76 Å². The summed E-state index contributed by atoms with van der Waals surface area (Å²) in [6, 6.07) is 3.49. The summed E-state index contributed by atoms with van der Waals surface area (Å²) in [6.45, 7) is 3.23. The zero-order valence-corrected chi connectivity index (χ0v) is 10.1.